The van der Waals surface area contributed by atoms with E-state index in [1.807, 2.05) is 0 Å². The topological polar surface area (TPSA) is 66.8 Å². The first-order valence-electron chi connectivity index (χ1n) is 7.35. The molecule has 0 bridgehead atoms. The van der Waals surface area contributed by atoms with Crippen LogP contribution in [0, 0.1) is 11.7 Å². The van der Waals surface area contributed by atoms with Crippen molar-refractivity contribution in [1.29, 1.82) is 0 Å². The van der Waals surface area contributed by atoms with E-state index in [-0.39, 0.29) is 31.0 Å². The summed E-state index contributed by atoms with van der Waals surface area (Å²) < 4.78 is 18.9. The maximum absolute atomic E-state index is 14.0. The number of aryl methyl sites for hydroxylation is 1. The number of rotatable bonds is 5. The van der Waals surface area contributed by atoms with Gasteiger partial charge in [-0.15, -0.1) is 0 Å². The number of benzene rings is 1. The van der Waals surface area contributed by atoms with Gasteiger partial charge in [-0.2, -0.15) is 0 Å². The van der Waals surface area contributed by atoms with Crippen molar-refractivity contribution in [3.63, 3.8) is 0 Å². The van der Waals surface area contributed by atoms with Gasteiger partial charge in [0, 0.05) is 19.5 Å². The number of halogens is 1. The van der Waals surface area contributed by atoms with Crippen LogP contribution in [-0.4, -0.2) is 42.1 Å². The number of methoxy groups -OCH3 is 1. The van der Waals surface area contributed by atoms with E-state index in [0.29, 0.717) is 24.9 Å². The lowest BCUT2D eigenvalue weighted by Gasteiger charge is -2.30. The van der Waals surface area contributed by atoms with Crippen LogP contribution in [0.4, 0.5) is 4.39 Å². The summed E-state index contributed by atoms with van der Waals surface area (Å²) in [6.07, 6.45) is 1.73. The lowest BCUT2D eigenvalue weighted by Crippen LogP contribution is -2.42. The predicted octanol–water partition coefficient (Wildman–Crippen LogP) is 2.09. The molecule has 1 aromatic rings. The summed E-state index contributed by atoms with van der Waals surface area (Å²) in [5.41, 5.74) is 0.430. The Labute approximate surface area is 128 Å². The Morgan fingerprint density at radius 2 is 2.23 bits per heavy atom. The van der Waals surface area contributed by atoms with Crippen LogP contribution in [-0.2, 0) is 16.0 Å². The van der Waals surface area contributed by atoms with Crippen LogP contribution >= 0.6 is 0 Å². The molecule has 0 radical (unpaired) electrons. The van der Waals surface area contributed by atoms with Crippen molar-refractivity contribution >= 4 is 11.9 Å². The van der Waals surface area contributed by atoms with Crippen molar-refractivity contribution in [2.24, 2.45) is 5.92 Å². The lowest BCUT2D eigenvalue weighted by atomic mass is 9.97. The van der Waals surface area contributed by atoms with Gasteiger partial charge in [0.25, 0.3) is 0 Å². The van der Waals surface area contributed by atoms with Crippen LogP contribution in [0.1, 0.15) is 24.8 Å². The van der Waals surface area contributed by atoms with Gasteiger partial charge in [0.2, 0.25) is 5.91 Å². The van der Waals surface area contributed by atoms with Crippen molar-refractivity contribution in [3.05, 3.63) is 29.6 Å². The number of likely N-dealkylation sites (tertiary alicyclic amines) is 1. The van der Waals surface area contributed by atoms with Gasteiger partial charge >= 0.3 is 5.97 Å². The number of carbonyl (C=O) groups excluding carboxylic acids is 1. The lowest BCUT2D eigenvalue weighted by molar-refractivity contribution is -0.145. The standard InChI is InChI=1S/C16H20FNO4/c1-22-13-6-2-4-11(15(13)17)7-8-14(19)18-9-3-5-12(10-18)16(20)21/h2,4,6,12H,3,5,7-10H2,1H3,(H,20,21)/t12-/m0/s1. The van der Waals surface area contributed by atoms with Crippen molar-refractivity contribution in [2.45, 2.75) is 25.7 Å². The molecule has 0 saturated carbocycles. The molecule has 1 saturated heterocycles. The molecule has 1 N–H and O–H groups in total. The Hall–Kier alpha value is -2.11. The van der Waals surface area contributed by atoms with E-state index in [1.165, 1.54) is 13.2 Å². The molecule has 1 aliphatic heterocycles. The summed E-state index contributed by atoms with van der Waals surface area (Å²) >= 11 is 0. The SMILES string of the molecule is COc1cccc(CCC(=O)N2CCC[C@H](C(=O)O)C2)c1F. The zero-order chi connectivity index (χ0) is 16.1. The van der Waals surface area contributed by atoms with Crippen molar-refractivity contribution in [1.82, 2.24) is 4.90 Å². The Bertz CT molecular complexity index is 561. The molecule has 1 aliphatic rings. The largest absolute Gasteiger partial charge is 0.494 e. The number of carbonyl (C=O) groups is 2. The molecule has 22 heavy (non-hydrogen) atoms. The molecule has 0 aromatic heterocycles. The Balaban J connectivity index is 1.94. The second-order valence-electron chi connectivity index (χ2n) is 5.45. The first-order valence-corrected chi connectivity index (χ1v) is 7.35. The smallest absolute Gasteiger partial charge is 0.308 e. The maximum Gasteiger partial charge on any atom is 0.308 e. The Morgan fingerprint density at radius 3 is 2.91 bits per heavy atom. The van der Waals surface area contributed by atoms with Gasteiger partial charge in [0.05, 0.1) is 13.0 Å². The molecule has 120 valence electrons. The number of ether oxygens (including phenoxy) is 1. The molecular weight excluding hydrogens is 289 g/mol. The highest BCUT2D eigenvalue weighted by Crippen LogP contribution is 2.22. The number of nitrogens with zero attached hydrogens (tertiary/aromatic N) is 1. The third kappa shape index (κ3) is 3.75. The van der Waals surface area contributed by atoms with Crippen LogP contribution in [0.3, 0.4) is 0 Å². The molecule has 2 rings (SSSR count). The fourth-order valence-corrected chi connectivity index (χ4v) is 2.71. The van der Waals surface area contributed by atoms with Gasteiger partial charge in [0.1, 0.15) is 0 Å². The minimum Gasteiger partial charge on any atom is -0.494 e. The van der Waals surface area contributed by atoms with E-state index in [2.05, 4.69) is 0 Å². The van der Waals surface area contributed by atoms with Gasteiger partial charge in [-0.05, 0) is 30.9 Å². The van der Waals surface area contributed by atoms with E-state index < -0.39 is 17.7 Å². The molecule has 1 heterocycles. The fraction of sp³-hybridized carbons (Fsp3) is 0.500. The van der Waals surface area contributed by atoms with E-state index in [0.717, 1.165) is 0 Å². The number of carboxylic acids is 1. The minimum absolute atomic E-state index is 0.131. The third-order valence-electron chi connectivity index (χ3n) is 3.99. The summed E-state index contributed by atoms with van der Waals surface area (Å²) in [6, 6.07) is 4.84. The van der Waals surface area contributed by atoms with Crippen molar-refractivity contribution in [3.8, 4) is 5.75 Å². The molecule has 1 fully saturated rings. The fourth-order valence-electron chi connectivity index (χ4n) is 2.71. The number of hydrogen-bond donors (Lipinski definition) is 1. The third-order valence-corrected chi connectivity index (χ3v) is 3.99. The van der Waals surface area contributed by atoms with Crippen molar-refractivity contribution in [2.75, 3.05) is 20.2 Å². The molecule has 0 unspecified atom stereocenters. The first kappa shape index (κ1) is 16.3. The second kappa shape index (κ2) is 7.24. The van der Waals surface area contributed by atoms with Crippen LogP contribution < -0.4 is 4.74 Å². The first-order chi connectivity index (χ1) is 10.5. The highest BCUT2D eigenvalue weighted by atomic mass is 19.1. The molecule has 0 spiro atoms. The number of hydrogen-bond acceptors (Lipinski definition) is 3. The summed E-state index contributed by atoms with van der Waals surface area (Å²) in [5, 5.41) is 9.04. The van der Waals surface area contributed by atoms with E-state index in [1.54, 1.807) is 17.0 Å². The number of amides is 1. The molecule has 1 atom stereocenters. The number of piperidine rings is 1. The average Bonchev–Trinajstić information content (AvgIpc) is 2.53. The summed E-state index contributed by atoms with van der Waals surface area (Å²) in [7, 11) is 1.40. The van der Waals surface area contributed by atoms with Gasteiger partial charge in [-0.25, -0.2) is 4.39 Å². The summed E-state index contributed by atoms with van der Waals surface area (Å²) in [5.74, 6) is -1.77. The highest BCUT2D eigenvalue weighted by molar-refractivity contribution is 5.78. The Morgan fingerprint density at radius 1 is 1.45 bits per heavy atom. The number of carboxylic acid groups (broad SMARTS) is 1. The Kier molecular flexibility index (Phi) is 5.35. The molecule has 0 aliphatic carbocycles. The maximum atomic E-state index is 14.0. The van der Waals surface area contributed by atoms with Gasteiger partial charge in [-0.3, -0.25) is 9.59 Å². The molecule has 1 aromatic carbocycles. The molecule has 1 amide bonds. The molecule has 5 nitrogen and oxygen atoms in total. The minimum atomic E-state index is -0.864. The van der Waals surface area contributed by atoms with Gasteiger partial charge in [-0.1, -0.05) is 12.1 Å². The molecule has 6 heteroatoms. The van der Waals surface area contributed by atoms with E-state index in [4.69, 9.17) is 9.84 Å². The normalized spacial score (nSPS) is 18.1. The van der Waals surface area contributed by atoms with Gasteiger partial charge < -0.3 is 14.7 Å². The highest BCUT2D eigenvalue weighted by Gasteiger charge is 2.27. The van der Waals surface area contributed by atoms with Crippen LogP contribution in [0.15, 0.2) is 18.2 Å². The molecular formula is C16H20FNO4. The van der Waals surface area contributed by atoms with Crippen LogP contribution in [0.5, 0.6) is 5.75 Å². The average molecular weight is 309 g/mol. The quantitative estimate of drug-likeness (QED) is 0.904. The van der Waals surface area contributed by atoms with E-state index in [9.17, 15) is 14.0 Å². The van der Waals surface area contributed by atoms with Crippen LogP contribution in [0.2, 0.25) is 0 Å². The monoisotopic (exact) mass is 309 g/mol. The summed E-state index contributed by atoms with van der Waals surface area (Å²) in [6.45, 7) is 0.817. The number of aliphatic carboxylic acids is 1. The van der Waals surface area contributed by atoms with Crippen LogP contribution in [0.25, 0.3) is 0 Å². The summed E-state index contributed by atoms with van der Waals surface area (Å²) in [4.78, 5) is 24.8. The zero-order valence-electron chi connectivity index (χ0n) is 12.5. The predicted molar refractivity (Wildman–Crippen MR) is 78.2 cm³/mol. The van der Waals surface area contributed by atoms with Crippen molar-refractivity contribution < 1.29 is 23.8 Å². The zero-order valence-corrected chi connectivity index (χ0v) is 12.5. The van der Waals surface area contributed by atoms with Gasteiger partial charge in [0.15, 0.2) is 11.6 Å². The van der Waals surface area contributed by atoms with E-state index >= 15 is 0 Å². The second-order valence-corrected chi connectivity index (χ2v) is 5.45.